The van der Waals surface area contributed by atoms with Crippen LogP contribution in [0.1, 0.15) is 31.4 Å². The van der Waals surface area contributed by atoms with Gasteiger partial charge >= 0.3 is 0 Å². The van der Waals surface area contributed by atoms with Crippen molar-refractivity contribution in [2.75, 3.05) is 32.5 Å². The number of hydrogen-bond donors (Lipinski definition) is 2. The van der Waals surface area contributed by atoms with Crippen molar-refractivity contribution >= 4 is 28.8 Å². The fraction of sp³-hybridized carbons (Fsp3) is 0.353. The van der Waals surface area contributed by atoms with Crippen LogP contribution in [-0.4, -0.2) is 48.9 Å². The molecule has 24 heavy (non-hydrogen) atoms. The zero-order valence-corrected chi connectivity index (χ0v) is 15.2. The van der Waals surface area contributed by atoms with Gasteiger partial charge in [0.15, 0.2) is 0 Å². The average molecular weight is 346 g/mol. The van der Waals surface area contributed by atoms with Crippen LogP contribution in [0.15, 0.2) is 23.6 Å². The molecular formula is C17H22N4O2S. The summed E-state index contributed by atoms with van der Waals surface area (Å²) >= 11 is 1.43. The van der Waals surface area contributed by atoms with E-state index in [1.54, 1.807) is 17.5 Å². The number of carbonyl (C=O) groups is 2. The van der Waals surface area contributed by atoms with Crippen molar-refractivity contribution in [2.24, 2.45) is 0 Å². The maximum Gasteiger partial charge on any atom is 0.275 e. The van der Waals surface area contributed by atoms with Gasteiger partial charge in [-0.2, -0.15) is 0 Å². The minimum atomic E-state index is -0.271. The first kappa shape index (κ1) is 18.1. The van der Waals surface area contributed by atoms with Crippen LogP contribution in [-0.2, 0) is 0 Å². The van der Waals surface area contributed by atoms with Crippen molar-refractivity contribution < 1.29 is 9.59 Å². The molecular weight excluding hydrogens is 324 g/mol. The highest BCUT2D eigenvalue weighted by Gasteiger charge is 2.13. The molecule has 0 spiro atoms. The molecule has 0 bridgehead atoms. The van der Waals surface area contributed by atoms with Gasteiger partial charge in [-0.3, -0.25) is 9.59 Å². The second-order valence-corrected chi connectivity index (χ2v) is 6.86. The van der Waals surface area contributed by atoms with E-state index in [9.17, 15) is 9.59 Å². The van der Waals surface area contributed by atoms with Gasteiger partial charge in [0.1, 0.15) is 5.69 Å². The Hall–Kier alpha value is -2.25. The third-order valence-electron chi connectivity index (χ3n) is 3.44. The molecule has 1 aromatic heterocycles. The van der Waals surface area contributed by atoms with Crippen molar-refractivity contribution in [2.45, 2.75) is 13.8 Å². The standard InChI is InChI=1S/C17H22N4O2S/c1-11-5-6-13(16(22)18-7-8-21(3)4)9-14(11)20-17(23)15-10-24-12(2)19-15/h5-6,9-10H,7-8H2,1-4H3,(H,18,22)(H,20,23). The van der Waals surface area contributed by atoms with Crippen LogP contribution < -0.4 is 10.6 Å². The number of amides is 2. The monoisotopic (exact) mass is 346 g/mol. The summed E-state index contributed by atoms with van der Waals surface area (Å²) in [5.41, 5.74) is 2.41. The van der Waals surface area contributed by atoms with Crippen LogP contribution in [0.2, 0.25) is 0 Å². The number of benzene rings is 1. The number of thiazole rings is 1. The highest BCUT2D eigenvalue weighted by Crippen LogP contribution is 2.18. The predicted molar refractivity (Wildman–Crippen MR) is 96.9 cm³/mol. The second-order valence-electron chi connectivity index (χ2n) is 5.79. The Morgan fingerprint density at radius 3 is 2.58 bits per heavy atom. The Morgan fingerprint density at radius 1 is 1.21 bits per heavy atom. The first-order valence-corrected chi connectivity index (χ1v) is 8.52. The summed E-state index contributed by atoms with van der Waals surface area (Å²) < 4.78 is 0. The van der Waals surface area contributed by atoms with E-state index < -0.39 is 0 Å². The van der Waals surface area contributed by atoms with E-state index in [1.165, 1.54) is 11.3 Å². The molecule has 2 amide bonds. The summed E-state index contributed by atoms with van der Waals surface area (Å²) in [6.45, 7) is 5.07. The largest absolute Gasteiger partial charge is 0.351 e. The Labute approximate surface area is 145 Å². The minimum Gasteiger partial charge on any atom is -0.351 e. The molecule has 0 saturated heterocycles. The molecule has 1 heterocycles. The molecule has 2 rings (SSSR count). The van der Waals surface area contributed by atoms with Gasteiger partial charge in [-0.25, -0.2) is 4.98 Å². The lowest BCUT2D eigenvalue weighted by Gasteiger charge is -2.12. The van der Waals surface area contributed by atoms with Crippen molar-refractivity contribution in [3.8, 4) is 0 Å². The Kier molecular flexibility index (Phi) is 6.05. The quantitative estimate of drug-likeness (QED) is 0.842. The first-order valence-electron chi connectivity index (χ1n) is 7.64. The van der Waals surface area contributed by atoms with Crippen LogP contribution in [0.4, 0.5) is 5.69 Å². The zero-order valence-electron chi connectivity index (χ0n) is 14.3. The number of anilines is 1. The van der Waals surface area contributed by atoms with E-state index in [4.69, 9.17) is 0 Å². The van der Waals surface area contributed by atoms with E-state index in [0.29, 0.717) is 23.5 Å². The van der Waals surface area contributed by atoms with Gasteiger partial charge in [0, 0.05) is 29.7 Å². The smallest absolute Gasteiger partial charge is 0.275 e. The van der Waals surface area contributed by atoms with E-state index in [1.807, 2.05) is 38.9 Å². The summed E-state index contributed by atoms with van der Waals surface area (Å²) in [5, 5.41) is 8.25. The van der Waals surface area contributed by atoms with Gasteiger partial charge in [0.25, 0.3) is 11.8 Å². The van der Waals surface area contributed by atoms with E-state index in [2.05, 4.69) is 15.6 Å². The molecule has 0 aliphatic heterocycles. The van der Waals surface area contributed by atoms with E-state index >= 15 is 0 Å². The van der Waals surface area contributed by atoms with Gasteiger partial charge in [0.2, 0.25) is 0 Å². The lowest BCUT2D eigenvalue weighted by Crippen LogP contribution is -2.31. The normalized spacial score (nSPS) is 10.7. The van der Waals surface area contributed by atoms with Gasteiger partial charge < -0.3 is 15.5 Å². The fourth-order valence-electron chi connectivity index (χ4n) is 2.05. The molecule has 7 heteroatoms. The number of aromatic nitrogens is 1. The highest BCUT2D eigenvalue weighted by atomic mass is 32.1. The number of nitrogens with one attached hydrogen (secondary N) is 2. The molecule has 0 atom stereocenters. The van der Waals surface area contributed by atoms with Crippen molar-refractivity contribution in [3.05, 3.63) is 45.4 Å². The zero-order chi connectivity index (χ0) is 17.7. The van der Waals surface area contributed by atoms with Gasteiger partial charge in [-0.15, -0.1) is 11.3 Å². The van der Waals surface area contributed by atoms with Gasteiger partial charge in [-0.05, 0) is 45.6 Å². The van der Waals surface area contributed by atoms with Crippen LogP contribution in [0, 0.1) is 13.8 Å². The molecule has 128 valence electrons. The molecule has 6 nitrogen and oxygen atoms in total. The van der Waals surface area contributed by atoms with E-state index in [0.717, 1.165) is 17.1 Å². The van der Waals surface area contributed by atoms with Crippen molar-refractivity contribution in [1.29, 1.82) is 0 Å². The molecule has 0 saturated carbocycles. The number of rotatable bonds is 6. The first-order chi connectivity index (χ1) is 11.4. The SMILES string of the molecule is Cc1nc(C(=O)Nc2cc(C(=O)NCCN(C)C)ccc2C)cs1. The Morgan fingerprint density at radius 2 is 1.96 bits per heavy atom. The Balaban J connectivity index is 2.07. The Bertz CT molecular complexity index is 740. The van der Waals surface area contributed by atoms with Crippen LogP contribution in [0.3, 0.4) is 0 Å². The summed E-state index contributed by atoms with van der Waals surface area (Å²) in [6.07, 6.45) is 0. The maximum atomic E-state index is 12.2. The number of hydrogen-bond acceptors (Lipinski definition) is 5. The van der Waals surface area contributed by atoms with Crippen LogP contribution in [0.25, 0.3) is 0 Å². The molecule has 0 aliphatic rings. The summed E-state index contributed by atoms with van der Waals surface area (Å²) in [4.78, 5) is 30.6. The molecule has 0 aliphatic carbocycles. The molecule has 0 fully saturated rings. The average Bonchev–Trinajstić information content (AvgIpc) is 2.95. The van der Waals surface area contributed by atoms with Gasteiger partial charge in [-0.1, -0.05) is 6.07 Å². The third-order valence-corrected chi connectivity index (χ3v) is 4.22. The van der Waals surface area contributed by atoms with Crippen molar-refractivity contribution in [1.82, 2.24) is 15.2 Å². The highest BCUT2D eigenvalue weighted by molar-refractivity contribution is 7.09. The lowest BCUT2D eigenvalue weighted by molar-refractivity contribution is 0.0949. The number of likely N-dealkylation sites (N-methyl/N-ethyl adjacent to an activating group) is 1. The van der Waals surface area contributed by atoms with Crippen LogP contribution >= 0.6 is 11.3 Å². The summed E-state index contributed by atoms with van der Waals surface area (Å²) in [7, 11) is 3.90. The maximum absolute atomic E-state index is 12.2. The fourth-order valence-corrected chi connectivity index (χ4v) is 2.64. The van der Waals surface area contributed by atoms with Crippen molar-refractivity contribution in [3.63, 3.8) is 0 Å². The molecule has 0 radical (unpaired) electrons. The van der Waals surface area contributed by atoms with E-state index in [-0.39, 0.29) is 11.8 Å². The topological polar surface area (TPSA) is 74.3 Å². The molecule has 0 unspecified atom stereocenters. The van der Waals surface area contributed by atoms with Gasteiger partial charge in [0.05, 0.1) is 5.01 Å². The minimum absolute atomic E-state index is 0.156. The van der Waals surface area contributed by atoms with Crippen LogP contribution in [0.5, 0.6) is 0 Å². The second kappa shape index (κ2) is 8.03. The number of carbonyl (C=O) groups excluding carboxylic acids is 2. The summed E-state index contributed by atoms with van der Waals surface area (Å²) in [6, 6.07) is 5.27. The number of nitrogens with zero attached hydrogens (tertiary/aromatic N) is 2. The molecule has 1 aromatic carbocycles. The number of aryl methyl sites for hydroxylation is 2. The third kappa shape index (κ3) is 4.87. The molecule has 2 aromatic rings. The summed E-state index contributed by atoms with van der Waals surface area (Å²) in [5.74, 6) is -0.426. The molecule has 2 N–H and O–H groups in total. The predicted octanol–water partition coefficient (Wildman–Crippen LogP) is 2.30. The lowest BCUT2D eigenvalue weighted by atomic mass is 10.1.